The fourth-order valence-electron chi connectivity index (χ4n) is 2.57. The lowest BCUT2D eigenvalue weighted by Gasteiger charge is -2.09. The van der Waals surface area contributed by atoms with Gasteiger partial charge in [0.2, 0.25) is 5.90 Å². The summed E-state index contributed by atoms with van der Waals surface area (Å²) in [5.41, 5.74) is 3.96. The van der Waals surface area contributed by atoms with E-state index in [0.29, 0.717) is 5.90 Å². The number of hydrogen-bond acceptors (Lipinski definition) is 2. The molecule has 0 N–H and O–H groups in total. The molecule has 0 saturated heterocycles. The van der Waals surface area contributed by atoms with Crippen LogP contribution in [0.25, 0.3) is 11.8 Å². The van der Waals surface area contributed by atoms with E-state index in [1.807, 2.05) is 72.8 Å². The Kier molecular flexibility index (Phi) is 3.49. The molecule has 2 heteroatoms. The van der Waals surface area contributed by atoms with Gasteiger partial charge < -0.3 is 4.74 Å². The third kappa shape index (κ3) is 2.79. The van der Waals surface area contributed by atoms with Crippen LogP contribution in [-0.4, -0.2) is 5.90 Å². The number of rotatable bonds is 2. The number of aliphatic imine (C=N–C) groups is 1. The van der Waals surface area contributed by atoms with E-state index in [0.717, 1.165) is 28.1 Å². The fourth-order valence-corrected chi connectivity index (χ4v) is 2.57. The summed E-state index contributed by atoms with van der Waals surface area (Å²) in [6.07, 6.45) is 2.07. The van der Waals surface area contributed by atoms with Crippen molar-refractivity contribution in [3.05, 3.63) is 102 Å². The summed E-state index contributed by atoms with van der Waals surface area (Å²) in [6.45, 7) is 0. The van der Waals surface area contributed by atoms with Crippen molar-refractivity contribution < 1.29 is 4.74 Å². The Morgan fingerprint density at radius 3 is 1.96 bits per heavy atom. The highest BCUT2D eigenvalue weighted by Crippen LogP contribution is 2.30. The van der Waals surface area contributed by atoms with E-state index < -0.39 is 0 Å². The van der Waals surface area contributed by atoms with E-state index in [4.69, 9.17) is 9.73 Å². The third-order valence-electron chi connectivity index (χ3n) is 3.73. The zero-order valence-corrected chi connectivity index (χ0v) is 12.5. The molecule has 2 nitrogen and oxygen atoms in total. The van der Waals surface area contributed by atoms with Gasteiger partial charge in [-0.3, -0.25) is 0 Å². The number of fused-ring (bicyclic) bond motifs is 1. The standard InChI is InChI=1S/C21H15NO/c1-3-9-16(10-4-1)19-15-18-13-7-8-14-20(18)23-21(22-19)17-11-5-2-6-12-17/h1-15H. The molecule has 0 atom stereocenters. The minimum Gasteiger partial charge on any atom is -0.438 e. The van der Waals surface area contributed by atoms with Crippen LogP contribution in [0.5, 0.6) is 5.75 Å². The molecule has 1 aliphatic rings. The van der Waals surface area contributed by atoms with Gasteiger partial charge in [-0.05, 0) is 24.3 Å². The largest absolute Gasteiger partial charge is 0.438 e. The second-order valence-corrected chi connectivity index (χ2v) is 5.32. The van der Waals surface area contributed by atoms with Crippen molar-refractivity contribution in [2.75, 3.05) is 0 Å². The first-order valence-corrected chi connectivity index (χ1v) is 7.58. The maximum Gasteiger partial charge on any atom is 0.227 e. The van der Waals surface area contributed by atoms with E-state index in [9.17, 15) is 0 Å². The van der Waals surface area contributed by atoms with Gasteiger partial charge in [0.05, 0.1) is 5.70 Å². The van der Waals surface area contributed by atoms with E-state index >= 15 is 0 Å². The molecular weight excluding hydrogens is 282 g/mol. The Morgan fingerprint density at radius 2 is 1.22 bits per heavy atom. The quantitative estimate of drug-likeness (QED) is 0.650. The zero-order chi connectivity index (χ0) is 15.5. The molecule has 0 saturated carbocycles. The SMILES string of the molecule is C1=C(c2ccccc2)N=C(c2ccccc2)Oc2ccccc21. The fraction of sp³-hybridized carbons (Fsp3) is 0. The Balaban J connectivity index is 1.89. The summed E-state index contributed by atoms with van der Waals surface area (Å²) < 4.78 is 6.09. The van der Waals surface area contributed by atoms with Crippen LogP contribution in [0.4, 0.5) is 0 Å². The van der Waals surface area contributed by atoms with Crippen LogP contribution < -0.4 is 4.74 Å². The maximum absolute atomic E-state index is 6.09. The van der Waals surface area contributed by atoms with E-state index in [1.54, 1.807) is 0 Å². The molecular formula is C21H15NO. The van der Waals surface area contributed by atoms with Crippen molar-refractivity contribution in [2.24, 2.45) is 4.99 Å². The Hall–Kier alpha value is -3.13. The summed E-state index contributed by atoms with van der Waals surface area (Å²) in [6, 6.07) is 28.2. The van der Waals surface area contributed by atoms with Gasteiger partial charge in [0, 0.05) is 16.7 Å². The Morgan fingerprint density at radius 1 is 0.609 bits per heavy atom. The highest BCUT2D eigenvalue weighted by molar-refractivity contribution is 6.02. The monoisotopic (exact) mass is 297 g/mol. The van der Waals surface area contributed by atoms with Gasteiger partial charge in [0.1, 0.15) is 5.75 Å². The van der Waals surface area contributed by atoms with Crippen LogP contribution >= 0.6 is 0 Å². The topological polar surface area (TPSA) is 21.6 Å². The maximum atomic E-state index is 6.09. The molecule has 1 aliphatic heterocycles. The molecule has 0 aromatic heterocycles. The van der Waals surface area contributed by atoms with Crippen molar-refractivity contribution in [1.29, 1.82) is 0 Å². The van der Waals surface area contributed by atoms with E-state index in [-0.39, 0.29) is 0 Å². The van der Waals surface area contributed by atoms with Gasteiger partial charge in [0.25, 0.3) is 0 Å². The lowest BCUT2D eigenvalue weighted by molar-refractivity contribution is 0.553. The van der Waals surface area contributed by atoms with Crippen molar-refractivity contribution in [2.45, 2.75) is 0 Å². The van der Waals surface area contributed by atoms with Crippen LogP contribution in [0.3, 0.4) is 0 Å². The molecule has 4 rings (SSSR count). The zero-order valence-electron chi connectivity index (χ0n) is 12.5. The molecule has 0 spiro atoms. The van der Waals surface area contributed by atoms with Crippen LogP contribution in [0.2, 0.25) is 0 Å². The average Bonchev–Trinajstić information content (AvgIpc) is 2.83. The molecule has 0 fully saturated rings. The second-order valence-electron chi connectivity index (χ2n) is 5.32. The normalized spacial score (nSPS) is 13.2. The minimum atomic E-state index is 0.616. The summed E-state index contributed by atoms with van der Waals surface area (Å²) in [5.74, 6) is 1.44. The first-order chi connectivity index (χ1) is 11.4. The number of hydrogen-bond donors (Lipinski definition) is 0. The first-order valence-electron chi connectivity index (χ1n) is 7.58. The molecule has 1 heterocycles. The van der Waals surface area contributed by atoms with E-state index in [1.165, 1.54) is 0 Å². The van der Waals surface area contributed by atoms with Crippen molar-refractivity contribution >= 4 is 17.7 Å². The summed E-state index contributed by atoms with van der Waals surface area (Å²) in [5, 5.41) is 0. The summed E-state index contributed by atoms with van der Waals surface area (Å²) in [4.78, 5) is 4.79. The Bertz CT molecular complexity index is 880. The smallest absolute Gasteiger partial charge is 0.227 e. The number of ether oxygens (including phenoxy) is 1. The average molecular weight is 297 g/mol. The molecule has 3 aromatic carbocycles. The third-order valence-corrected chi connectivity index (χ3v) is 3.73. The molecule has 0 bridgehead atoms. The van der Waals surface area contributed by atoms with Crippen LogP contribution in [0, 0.1) is 0 Å². The number of para-hydroxylation sites is 1. The molecule has 23 heavy (non-hydrogen) atoms. The molecule has 0 amide bonds. The van der Waals surface area contributed by atoms with Crippen molar-refractivity contribution in [3.8, 4) is 5.75 Å². The predicted octanol–water partition coefficient (Wildman–Crippen LogP) is 5.02. The van der Waals surface area contributed by atoms with E-state index in [2.05, 4.69) is 18.2 Å². The highest BCUT2D eigenvalue weighted by atomic mass is 16.5. The van der Waals surface area contributed by atoms with Crippen LogP contribution in [0.1, 0.15) is 16.7 Å². The second kappa shape index (κ2) is 5.93. The summed E-state index contributed by atoms with van der Waals surface area (Å²) >= 11 is 0. The van der Waals surface area contributed by atoms with Crippen LogP contribution in [-0.2, 0) is 0 Å². The number of nitrogens with zero attached hydrogens (tertiary/aromatic N) is 1. The predicted molar refractivity (Wildman–Crippen MR) is 94.4 cm³/mol. The van der Waals surface area contributed by atoms with Gasteiger partial charge >= 0.3 is 0 Å². The molecule has 3 aromatic rings. The summed E-state index contributed by atoms with van der Waals surface area (Å²) in [7, 11) is 0. The first kappa shape index (κ1) is 13.5. The minimum absolute atomic E-state index is 0.616. The van der Waals surface area contributed by atoms with Crippen molar-refractivity contribution in [3.63, 3.8) is 0 Å². The van der Waals surface area contributed by atoms with Gasteiger partial charge in [-0.25, -0.2) is 4.99 Å². The van der Waals surface area contributed by atoms with Gasteiger partial charge in [0.15, 0.2) is 0 Å². The molecule has 110 valence electrons. The van der Waals surface area contributed by atoms with Crippen molar-refractivity contribution in [1.82, 2.24) is 0 Å². The van der Waals surface area contributed by atoms with Gasteiger partial charge in [-0.1, -0.05) is 66.7 Å². The lowest BCUT2D eigenvalue weighted by atomic mass is 10.1. The molecule has 0 unspecified atom stereocenters. The van der Waals surface area contributed by atoms with Gasteiger partial charge in [-0.15, -0.1) is 0 Å². The highest BCUT2D eigenvalue weighted by Gasteiger charge is 2.15. The molecule has 0 radical (unpaired) electrons. The number of benzene rings is 3. The molecule has 0 aliphatic carbocycles. The van der Waals surface area contributed by atoms with Crippen LogP contribution in [0.15, 0.2) is 89.9 Å². The van der Waals surface area contributed by atoms with Gasteiger partial charge in [-0.2, -0.15) is 0 Å². The lowest BCUT2D eigenvalue weighted by Crippen LogP contribution is -2.10. The Labute approximate surface area is 135 Å².